The predicted molar refractivity (Wildman–Crippen MR) is 271 cm³/mol. The van der Waals surface area contributed by atoms with Gasteiger partial charge in [-0.2, -0.15) is 0 Å². The molecule has 0 aliphatic carbocycles. The van der Waals surface area contributed by atoms with Gasteiger partial charge in [-0.25, -0.2) is 4.79 Å². The van der Waals surface area contributed by atoms with Crippen LogP contribution in [-0.4, -0.2) is 74.3 Å². The van der Waals surface area contributed by atoms with Gasteiger partial charge in [0.25, 0.3) is 11.8 Å². The van der Waals surface area contributed by atoms with Gasteiger partial charge in [-0.05, 0) is 73.9 Å². The molecule has 69 heavy (non-hydrogen) atoms. The zero-order chi connectivity index (χ0) is 50.2. The number of ether oxygens (including phenoxy) is 3. The molecule has 0 saturated carbocycles. The van der Waals surface area contributed by atoms with Gasteiger partial charge in [0.2, 0.25) is 23.6 Å². The van der Waals surface area contributed by atoms with Gasteiger partial charge < -0.3 is 46.1 Å². The highest BCUT2D eigenvalue weighted by atomic mass is 16.5. The highest BCUT2D eigenvalue weighted by Crippen LogP contribution is 2.26. The lowest BCUT2D eigenvalue weighted by molar-refractivity contribution is -0.116. The molecular formula is C53H76N6O10. The van der Waals surface area contributed by atoms with E-state index in [4.69, 9.17) is 14.2 Å². The summed E-state index contributed by atoms with van der Waals surface area (Å²) in [6, 6.07) is 13.7. The van der Waals surface area contributed by atoms with E-state index in [9.17, 15) is 33.6 Å². The van der Waals surface area contributed by atoms with Crippen LogP contribution in [0.3, 0.4) is 0 Å². The maximum Gasteiger partial charge on any atom is 0.338 e. The summed E-state index contributed by atoms with van der Waals surface area (Å²) in [5.74, 6) is -3.23. The average Bonchev–Trinajstić information content (AvgIpc) is 3.31. The number of hydrogen-bond acceptors (Lipinski definition) is 10. The average molecular weight is 957 g/mol. The molecule has 0 aliphatic heterocycles. The Kier molecular flexibility index (Phi) is 27.3. The normalized spacial score (nSPS) is 10.7. The fraction of sp³-hybridized carbons (Fsp3) is 0.528. The molecule has 0 heterocycles. The van der Waals surface area contributed by atoms with Crippen molar-refractivity contribution in [2.24, 2.45) is 0 Å². The van der Waals surface area contributed by atoms with E-state index in [0.29, 0.717) is 42.5 Å². The molecule has 6 N–H and O–H groups in total. The van der Waals surface area contributed by atoms with Crippen LogP contribution < -0.4 is 41.4 Å². The summed E-state index contributed by atoms with van der Waals surface area (Å²) in [6.07, 6.45) is 18.7. The number of carbonyl (C=O) groups is 7. The summed E-state index contributed by atoms with van der Waals surface area (Å²) in [7, 11) is 0. The van der Waals surface area contributed by atoms with Crippen molar-refractivity contribution in [3.05, 3.63) is 71.3 Å². The van der Waals surface area contributed by atoms with E-state index >= 15 is 0 Å². The molecule has 0 aromatic heterocycles. The molecule has 0 aliphatic rings. The SMILES string of the molecule is CCCCCCCCOC(=O)c1cc(NC(=O)CNC(=O)c2cc(NC(C)=O)ccc2OCCCCCCCC)cc(NC(=O)CNC(=O)c2cc(NC(C)=O)ccc2OCCCCCCCC)c1. The summed E-state index contributed by atoms with van der Waals surface area (Å²) in [4.78, 5) is 90.7. The van der Waals surface area contributed by atoms with E-state index in [0.717, 1.165) is 96.3 Å². The minimum atomic E-state index is -0.670. The van der Waals surface area contributed by atoms with Gasteiger partial charge in [0.1, 0.15) is 11.5 Å². The molecule has 0 bridgehead atoms. The number of nitrogens with one attached hydrogen (secondary N) is 6. The monoisotopic (exact) mass is 957 g/mol. The van der Waals surface area contributed by atoms with Gasteiger partial charge in [-0.1, -0.05) is 117 Å². The van der Waals surface area contributed by atoms with Gasteiger partial charge in [-0.3, -0.25) is 28.8 Å². The third kappa shape index (κ3) is 23.4. The summed E-state index contributed by atoms with van der Waals surface area (Å²) in [5.41, 5.74) is 1.32. The highest BCUT2D eigenvalue weighted by molar-refractivity contribution is 6.05. The molecule has 0 spiro atoms. The van der Waals surface area contributed by atoms with Crippen LogP contribution in [0.4, 0.5) is 22.7 Å². The summed E-state index contributed by atoms with van der Waals surface area (Å²) < 4.78 is 17.5. The van der Waals surface area contributed by atoms with Crippen molar-refractivity contribution in [1.29, 1.82) is 0 Å². The third-order valence-corrected chi connectivity index (χ3v) is 10.9. The first-order chi connectivity index (χ1) is 33.3. The van der Waals surface area contributed by atoms with E-state index in [-0.39, 0.29) is 46.5 Å². The standard InChI is InChI=1S/C53H76N6O10/c1-6-9-12-15-18-21-28-67-47-26-24-41(56-38(4)60)34-45(47)51(64)54-36-49(62)58-43-31-40(53(66)69-30-23-20-17-14-11-8-3)32-44(33-43)59-50(63)37-55-52(65)46-35-42(57-39(5)61)25-27-48(46)68-29-22-19-16-13-10-7-2/h24-27,31-35H,6-23,28-30,36-37H2,1-5H3,(H,54,64)(H,55,65)(H,56,60)(H,57,61)(H,58,62)(H,59,63). The van der Waals surface area contributed by atoms with Gasteiger partial charge in [0, 0.05) is 36.6 Å². The number of benzene rings is 3. The number of rotatable bonds is 34. The van der Waals surface area contributed by atoms with Crippen molar-refractivity contribution < 1.29 is 47.8 Å². The first kappa shape index (κ1) is 56.9. The minimum Gasteiger partial charge on any atom is -0.493 e. The number of amides is 6. The van der Waals surface area contributed by atoms with Crippen molar-refractivity contribution in [3.63, 3.8) is 0 Å². The van der Waals surface area contributed by atoms with Gasteiger partial charge in [0.05, 0.1) is 49.6 Å². The van der Waals surface area contributed by atoms with E-state index in [1.807, 2.05) is 0 Å². The highest BCUT2D eigenvalue weighted by Gasteiger charge is 2.19. The van der Waals surface area contributed by atoms with Gasteiger partial charge in [-0.15, -0.1) is 0 Å². The minimum absolute atomic E-state index is 0.0473. The molecule has 0 atom stereocenters. The number of anilines is 4. The molecule has 0 unspecified atom stereocenters. The molecule has 3 rings (SSSR count). The van der Waals surface area contributed by atoms with Crippen molar-refractivity contribution in [1.82, 2.24) is 10.6 Å². The second-order valence-corrected chi connectivity index (χ2v) is 17.2. The smallest absolute Gasteiger partial charge is 0.338 e. The quantitative estimate of drug-likeness (QED) is 0.0246. The first-order valence-corrected chi connectivity index (χ1v) is 24.9. The molecule has 0 saturated heterocycles. The molecule has 16 nitrogen and oxygen atoms in total. The first-order valence-electron chi connectivity index (χ1n) is 24.9. The number of unbranched alkanes of at least 4 members (excludes halogenated alkanes) is 15. The van der Waals surface area contributed by atoms with Gasteiger partial charge in [0.15, 0.2) is 0 Å². The molecule has 3 aromatic carbocycles. The fourth-order valence-corrected chi connectivity index (χ4v) is 7.30. The Balaban J connectivity index is 1.74. The summed E-state index contributed by atoms with van der Waals surface area (Å²) >= 11 is 0. The van der Waals surface area contributed by atoms with Crippen LogP contribution in [0.5, 0.6) is 11.5 Å². The Morgan fingerprint density at radius 1 is 0.420 bits per heavy atom. The summed E-state index contributed by atoms with van der Waals surface area (Å²) in [5, 5.41) is 15.9. The lowest BCUT2D eigenvalue weighted by Crippen LogP contribution is -2.33. The third-order valence-electron chi connectivity index (χ3n) is 10.9. The molecular weight excluding hydrogens is 881 g/mol. The second-order valence-electron chi connectivity index (χ2n) is 17.2. The number of carbonyl (C=O) groups excluding carboxylic acids is 7. The van der Waals surface area contributed by atoms with Crippen LogP contribution in [0.25, 0.3) is 0 Å². The van der Waals surface area contributed by atoms with E-state index in [1.165, 1.54) is 57.0 Å². The Morgan fingerprint density at radius 3 is 1.19 bits per heavy atom. The predicted octanol–water partition coefficient (Wildman–Crippen LogP) is 10.3. The largest absolute Gasteiger partial charge is 0.493 e. The number of hydrogen-bond donors (Lipinski definition) is 6. The second kappa shape index (κ2) is 33.1. The molecule has 0 radical (unpaired) electrons. The van der Waals surface area contributed by atoms with Crippen LogP contribution in [0.1, 0.15) is 181 Å². The van der Waals surface area contributed by atoms with Crippen molar-refractivity contribution in [2.75, 3.05) is 54.2 Å². The van der Waals surface area contributed by atoms with Crippen LogP contribution in [-0.2, 0) is 23.9 Å². The Hall–Kier alpha value is -6.45. The zero-order valence-corrected chi connectivity index (χ0v) is 41.5. The van der Waals surface area contributed by atoms with Gasteiger partial charge >= 0.3 is 5.97 Å². The van der Waals surface area contributed by atoms with Crippen LogP contribution in [0.2, 0.25) is 0 Å². The van der Waals surface area contributed by atoms with Crippen LogP contribution >= 0.6 is 0 Å². The molecule has 3 aromatic rings. The fourth-order valence-electron chi connectivity index (χ4n) is 7.30. The molecule has 6 amide bonds. The van der Waals surface area contributed by atoms with Crippen molar-refractivity contribution >= 4 is 64.2 Å². The topological polar surface area (TPSA) is 219 Å². The Morgan fingerprint density at radius 2 is 0.797 bits per heavy atom. The lowest BCUT2D eigenvalue weighted by atomic mass is 10.1. The van der Waals surface area contributed by atoms with Crippen molar-refractivity contribution in [3.8, 4) is 11.5 Å². The maximum atomic E-state index is 13.5. The molecule has 378 valence electrons. The lowest BCUT2D eigenvalue weighted by Gasteiger charge is -2.15. The van der Waals surface area contributed by atoms with Crippen LogP contribution in [0, 0.1) is 0 Å². The molecule has 0 fully saturated rings. The Labute approximate surface area is 408 Å². The number of esters is 1. The van der Waals surface area contributed by atoms with E-state index in [1.54, 1.807) is 24.3 Å². The van der Waals surface area contributed by atoms with Crippen molar-refractivity contribution in [2.45, 2.75) is 150 Å². The van der Waals surface area contributed by atoms with E-state index < -0.39 is 42.7 Å². The Bertz CT molecular complexity index is 2000. The molecule has 16 heteroatoms. The zero-order valence-electron chi connectivity index (χ0n) is 41.5. The maximum absolute atomic E-state index is 13.5. The summed E-state index contributed by atoms with van der Waals surface area (Å²) in [6.45, 7) is 9.17. The van der Waals surface area contributed by atoms with Crippen LogP contribution in [0.15, 0.2) is 54.6 Å². The van der Waals surface area contributed by atoms with E-state index in [2.05, 4.69) is 52.7 Å².